The third-order valence-corrected chi connectivity index (χ3v) is 4.36. The number of hydrogen-bond acceptors (Lipinski definition) is 6. The fourth-order valence-electron chi connectivity index (χ4n) is 3.10. The van der Waals surface area contributed by atoms with Gasteiger partial charge in [0.1, 0.15) is 5.82 Å². The number of hydrogen-bond donors (Lipinski definition) is 1. The largest absolute Gasteiger partial charge is 0.490 e. The van der Waals surface area contributed by atoms with Gasteiger partial charge in [0.15, 0.2) is 11.5 Å². The molecule has 0 fully saturated rings. The number of ether oxygens (including phenoxy) is 3. The molecule has 3 rings (SSSR count). The molecule has 1 aromatic heterocycles. The first-order valence-electron chi connectivity index (χ1n) is 10.3. The van der Waals surface area contributed by atoms with Crippen LogP contribution in [-0.2, 0) is 0 Å². The topological polar surface area (TPSA) is 82.6 Å². The molecule has 7 nitrogen and oxygen atoms in total. The van der Waals surface area contributed by atoms with Crippen LogP contribution >= 0.6 is 0 Å². The van der Waals surface area contributed by atoms with E-state index >= 15 is 0 Å². The van der Waals surface area contributed by atoms with Gasteiger partial charge in [-0.25, -0.2) is 9.97 Å². The molecule has 0 aliphatic heterocycles. The Morgan fingerprint density at radius 1 is 0.935 bits per heavy atom. The van der Waals surface area contributed by atoms with Crippen molar-refractivity contribution in [3.63, 3.8) is 0 Å². The third-order valence-electron chi connectivity index (χ3n) is 4.36. The highest BCUT2D eigenvalue weighted by Gasteiger charge is 2.18. The van der Waals surface area contributed by atoms with Gasteiger partial charge in [-0.15, -0.1) is 0 Å². The van der Waals surface area contributed by atoms with Crippen LogP contribution < -0.4 is 19.5 Å². The van der Waals surface area contributed by atoms with Crippen molar-refractivity contribution in [3.8, 4) is 28.5 Å². The fourth-order valence-corrected chi connectivity index (χ4v) is 3.10. The molecule has 0 atom stereocenters. The predicted molar refractivity (Wildman–Crippen MR) is 120 cm³/mol. The lowest BCUT2D eigenvalue weighted by atomic mass is 10.1. The van der Waals surface area contributed by atoms with E-state index in [0.29, 0.717) is 54.1 Å². The molecule has 7 heteroatoms. The predicted octanol–water partition coefficient (Wildman–Crippen LogP) is 4.90. The lowest BCUT2D eigenvalue weighted by Gasteiger charge is -2.17. The molecule has 0 saturated carbocycles. The molecule has 0 unspecified atom stereocenters. The molecular formula is C24H27N3O4. The van der Waals surface area contributed by atoms with E-state index in [-0.39, 0.29) is 5.91 Å². The average Bonchev–Trinajstić information content (AvgIpc) is 2.76. The molecule has 0 spiro atoms. The molecule has 1 amide bonds. The van der Waals surface area contributed by atoms with E-state index < -0.39 is 0 Å². The molecule has 2 aromatic carbocycles. The van der Waals surface area contributed by atoms with Crippen LogP contribution in [0.5, 0.6) is 17.2 Å². The van der Waals surface area contributed by atoms with Crippen molar-refractivity contribution in [2.24, 2.45) is 0 Å². The first kappa shape index (κ1) is 22.1. The van der Waals surface area contributed by atoms with Gasteiger partial charge < -0.3 is 19.5 Å². The van der Waals surface area contributed by atoms with Crippen LogP contribution in [-0.4, -0.2) is 35.7 Å². The van der Waals surface area contributed by atoms with Crippen LogP contribution in [0, 0.1) is 6.92 Å². The number of nitrogens with one attached hydrogen (secondary N) is 1. The summed E-state index contributed by atoms with van der Waals surface area (Å²) in [5, 5.41) is 2.94. The van der Waals surface area contributed by atoms with Crippen LogP contribution in [0.3, 0.4) is 0 Å². The first-order valence-corrected chi connectivity index (χ1v) is 10.3. The van der Waals surface area contributed by atoms with Crippen LogP contribution in [0.25, 0.3) is 11.3 Å². The number of anilines is 1. The van der Waals surface area contributed by atoms with E-state index in [9.17, 15) is 4.79 Å². The molecular weight excluding hydrogens is 394 g/mol. The second kappa shape index (κ2) is 10.4. The number of aryl methyl sites for hydroxylation is 1. The van der Waals surface area contributed by atoms with E-state index in [1.54, 1.807) is 18.3 Å². The summed E-state index contributed by atoms with van der Waals surface area (Å²) in [5.41, 5.74) is 2.75. The smallest absolute Gasteiger partial charge is 0.255 e. The van der Waals surface area contributed by atoms with Gasteiger partial charge >= 0.3 is 0 Å². The second-order valence-corrected chi connectivity index (χ2v) is 6.62. The van der Waals surface area contributed by atoms with Crippen molar-refractivity contribution in [2.75, 3.05) is 25.1 Å². The van der Waals surface area contributed by atoms with Crippen LogP contribution in [0.4, 0.5) is 5.69 Å². The van der Waals surface area contributed by atoms with Crippen molar-refractivity contribution in [1.82, 2.24) is 9.97 Å². The Labute approximate surface area is 182 Å². The maximum atomic E-state index is 13.0. The van der Waals surface area contributed by atoms with E-state index in [0.717, 1.165) is 11.3 Å². The molecule has 0 bridgehead atoms. The summed E-state index contributed by atoms with van der Waals surface area (Å²) >= 11 is 0. The average molecular weight is 421 g/mol. The van der Waals surface area contributed by atoms with Gasteiger partial charge in [0, 0.05) is 23.0 Å². The molecule has 1 heterocycles. The van der Waals surface area contributed by atoms with Gasteiger partial charge in [-0.2, -0.15) is 0 Å². The molecule has 3 aromatic rings. The minimum Gasteiger partial charge on any atom is -0.490 e. The summed E-state index contributed by atoms with van der Waals surface area (Å²) in [6.07, 6.45) is 1.72. The van der Waals surface area contributed by atoms with E-state index in [4.69, 9.17) is 14.2 Å². The zero-order valence-electron chi connectivity index (χ0n) is 18.3. The first-order chi connectivity index (χ1) is 15.0. The Balaban J connectivity index is 1.90. The quantitative estimate of drug-likeness (QED) is 0.529. The molecule has 31 heavy (non-hydrogen) atoms. The zero-order valence-corrected chi connectivity index (χ0v) is 18.3. The number of benzene rings is 2. The SMILES string of the molecule is CCOc1cc(C(=O)Nc2cccc(-c3ccnc(C)n3)c2)cc(OCC)c1OCC. The normalized spacial score (nSPS) is 10.5. The molecule has 1 N–H and O–H groups in total. The summed E-state index contributed by atoms with van der Waals surface area (Å²) < 4.78 is 17.1. The van der Waals surface area contributed by atoms with Crippen molar-refractivity contribution >= 4 is 11.6 Å². The monoisotopic (exact) mass is 421 g/mol. The van der Waals surface area contributed by atoms with Gasteiger partial charge in [0.05, 0.1) is 25.5 Å². The summed E-state index contributed by atoms with van der Waals surface area (Å²) in [6.45, 7) is 8.83. The number of rotatable bonds is 9. The number of nitrogens with zero attached hydrogens (tertiary/aromatic N) is 2. The lowest BCUT2D eigenvalue weighted by molar-refractivity contribution is 0.102. The number of amides is 1. The highest BCUT2D eigenvalue weighted by molar-refractivity contribution is 6.05. The summed E-state index contributed by atoms with van der Waals surface area (Å²) in [7, 11) is 0. The second-order valence-electron chi connectivity index (χ2n) is 6.62. The lowest BCUT2D eigenvalue weighted by Crippen LogP contribution is -2.13. The summed E-state index contributed by atoms with van der Waals surface area (Å²) in [6, 6.07) is 12.7. The minimum atomic E-state index is -0.277. The Morgan fingerprint density at radius 3 is 2.23 bits per heavy atom. The Morgan fingerprint density at radius 2 is 1.61 bits per heavy atom. The standard InChI is InChI=1S/C24H27N3O4/c1-5-29-21-14-18(15-22(30-6-2)23(21)31-7-3)24(28)27-19-10-8-9-17(13-19)20-11-12-25-16(4)26-20/h8-15H,5-7H2,1-4H3,(H,27,28). The molecule has 162 valence electrons. The van der Waals surface area contributed by atoms with E-state index in [2.05, 4.69) is 15.3 Å². The highest BCUT2D eigenvalue weighted by atomic mass is 16.5. The third kappa shape index (κ3) is 5.51. The minimum absolute atomic E-state index is 0.277. The van der Waals surface area contributed by atoms with Gasteiger partial charge in [-0.05, 0) is 58.0 Å². The Bertz CT molecular complexity index is 1030. The van der Waals surface area contributed by atoms with Crippen molar-refractivity contribution in [3.05, 3.63) is 60.0 Å². The van der Waals surface area contributed by atoms with Crippen molar-refractivity contribution in [2.45, 2.75) is 27.7 Å². The Hall–Kier alpha value is -3.61. The summed E-state index contributed by atoms with van der Waals surface area (Å²) in [5.74, 6) is 1.87. The van der Waals surface area contributed by atoms with Gasteiger partial charge in [-0.1, -0.05) is 12.1 Å². The maximum absolute atomic E-state index is 13.0. The highest BCUT2D eigenvalue weighted by Crippen LogP contribution is 2.39. The van der Waals surface area contributed by atoms with E-state index in [1.165, 1.54) is 0 Å². The van der Waals surface area contributed by atoms with E-state index in [1.807, 2.05) is 58.0 Å². The number of aromatic nitrogens is 2. The van der Waals surface area contributed by atoms with Crippen LogP contribution in [0.2, 0.25) is 0 Å². The van der Waals surface area contributed by atoms with Crippen LogP contribution in [0.1, 0.15) is 37.0 Å². The van der Waals surface area contributed by atoms with Gasteiger partial charge in [0.2, 0.25) is 5.75 Å². The molecule has 0 saturated heterocycles. The van der Waals surface area contributed by atoms with Crippen molar-refractivity contribution < 1.29 is 19.0 Å². The van der Waals surface area contributed by atoms with Crippen LogP contribution in [0.15, 0.2) is 48.7 Å². The van der Waals surface area contributed by atoms with Crippen molar-refractivity contribution in [1.29, 1.82) is 0 Å². The summed E-state index contributed by atoms with van der Waals surface area (Å²) in [4.78, 5) is 21.6. The molecule has 0 radical (unpaired) electrons. The zero-order chi connectivity index (χ0) is 22.2. The van der Waals surface area contributed by atoms with Gasteiger partial charge in [-0.3, -0.25) is 4.79 Å². The number of carbonyl (C=O) groups excluding carboxylic acids is 1. The fraction of sp³-hybridized carbons (Fsp3) is 0.292. The molecule has 0 aliphatic rings. The van der Waals surface area contributed by atoms with Gasteiger partial charge in [0.25, 0.3) is 5.91 Å². The molecule has 0 aliphatic carbocycles. The number of carbonyl (C=O) groups is 1. The maximum Gasteiger partial charge on any atom is 0.255 e. The Kier molecular flexibility index (Phi) is 7.43.